The molecule has 0 bridgehead atoms. The molecule has 0 amide bonds. The fourth-order valence-corrected chi connectivity index (χ4v) is 4.60. The van der Waals surface area contributed by atoms with Gasteiger partial charge in [0.2, 0.25) is 0 Å². The first-order valence-electron chi connectivity index (χ1n) is 11.5. The van der Waals surface area contributed by atoms with E-state index in [1.807, 2.05) is 12.1 Å². The number of morpholine rings is 1. The molecular weight excluding hydrogens is 599 g/mol. The Hall–Kier alpha value is -2.90. The molecule has 3 aromatic rings. The third-order valence-corrected chi connectivity index (χ3v) is 6.92. The average molecular weight is 625 g/mol. The SMILES string of the molecule is COc1cc2ncnc(Nc3ccc(F)c(Cl)c3)c2cc1OCCCN1CCOCC1.O=S(=O)(O)OS(=O)(=O)O. The minimum atomic E-state index is -5.12. The predicted octanol–water partition coefficient (Wildman–Crippen LogP) is 2.88. The van der Waals surface area contributed by atoms with Crippen molar-refractivity contribution in [2.75, 3.05) is 51.9 Å². The average Bonchev–Trinajstić information content (AvgIpc) is 2.87. The third-order valence-electron chi connectivity index (χ3n) is 5.25. The summed E-state index contributed by atoms with van der Waals surface area (Å²) in [5.41, 5.74) is 1.32. The monoisotopic (exact) mass is 624 g/mol. The molecule has 1 aliphatic heterocycles. The Labute approximate surface area is 234 Å². The molecule has 1 aromatic heterocycles. The molecule has 0 radical (unpaired) electrons. The minimum absolute atomic E-state index is 0.0364. The summed E-state index contributed by atoms with van der Waals surface area (Å²) in [7, 11) is -8.64. The summed E-state index contributed by atoms with van der Waals surface area (Å²) in [6.07, 6.45) is 2.35. The smallest absolute Gasteiger partial charge is 0.413 e. The Balaban J connectivity index is 0.000000424. The van der Waals surface area contributed by atoms with Gasteiger partial charge in [-0.25, -0.2) is 14.4 Å². The second-order valence-electron chi connectivity index (χ2n) is 8.08. The Morgan fingerprint density at radius 2 is 1.77 bits per heavy atom. The van der Waals surface area contributed by atoms with Crippen LogP contribution in [0.2, 0.25) is 5.02 Å². The van der Waals surface area contributed by atoms with E-state index in [-0.39, 0.29) is 5.02 Å². The van der Waals surface area contributed by atoms with Gasteiger partial charge in [-0.05, 0) is 30.7 Å². The van der Waals surface area contributed by atoms with Crippen LogP contribution in [0.25, 0.3) is 10.9 Å². The van der Waals surface area contributed by atoms with Crippen molar-refractivity contribution >= 4 is 54.8 Å². The van der Waals surface area contributed by atoms with Crippen molar-refractivity contribution in [3.05, 3.63) is 47.5 Å². The van der Waals surface area contributed by atoms with E-state index in [0.29, 0.717) is 35.1 Å². The topological polar surface area (TPSA) is 187 Å². The van der Waals surface area contributed by atoms with Crippen molar-refractivity contribution in [2.24, 2.45) is 0 Å². The van der Waals surface area contributed by atoms with E-state index in [4.69, 9.17) is 34.9 Å². The quantitative estimate of drug-likeness (QED) is 0.221. The Morgan fingerprint density at radius 3 is 2.38 bits per heavy atom. The van der Waals surface area contributed by atoms with Gasteiger partial charge in [-0.15, -0.1) is 3.63 Å². The van der Waals surface area contributed by atoms with Crippen LogP contribution in [0, 0.1) is 5.82 Å². The van der Waals surface area contributed by atoms with Crippen molar-refractivity contribution < 1.29 is 48.2 Å². The van der Waals surface area contributed by atoms with Crippen LogP contribution in [0.1, 0.15) is 6.42 Å². The molecule has 14 nitrogen and oxygen atoms in total. The van der Waals surface area contributed by atoms with Crippen LogP contribution in [0.5, 0.6) is 11.5 Å². The van der Waals surface area contributed by atoms with Gasteiger partial charge >= 0.3 is 20.8 Å². The van der Waals surface area contributed by atoms with Crippen molar-refractivity contribution in [1.82, 2.24) is 14.9 Å². The standard InChI is InChI=1S/C22H24ClFN4O3.H2O7S2/c1-29-20-13-19-16(12-21(20)31-8-2-5-28-6-9-30-10-7-28)22(26-14-25-19)27-15-3-4-18(24)17(23)11-15;1-8(2,3)7-9(4,5)6/h3-4,11-14H,2,5-10H2,1H3,(H,25,26,27);(H,1,2,3)(H,4,5,6). The Kier molecular flexibility index (Phi) is 11.2. The largest absolute Gasteiger partial charge is 0.493 e. The van der Waals surface area contributed by atoms with Gasteiger partial charge < -0.3 is 19.5 Å². The zero-order valence-corrected chi connectivity index (χ0v) is 23.4. The molecule has 0 aliphatic carbocycles. The second kappa shape index (κ2) is 14.1. The van der Waals surface area contributed by atoms with E-state index < -0.39 is 26.6 Å². The van der Waals surface area contributed by atoms with Crippen LogP contribution in [0.3, 0.4) is 0 Å². The summed E-state index contributed by atoms with van der Waals surface area (Å²) in [6.45, 7) is 5.00. The van der Waals surface area contributed by atoms with Crippen LogP contribution < -0.4 is 14.8 Å². The molecule has 18 heteroatoms. The Morgan fingerprint density at radius 1 is 1.07 bits per heavy atom. The Bertz CT molecular complexity index is 1490. The van der Waals surface area contributed by atoms with E-state index >= 15 is 0 Å². The van der Waals surface area contributed by atoms with Gasteiger partial charge in [0.25, 0.3) is 0 Å². The van der Waals surface area contributed by atoms with Gasteiger partial charge in [0.05, 0.1) is 37.5 Å². The number of anilines is 2. The molecule has 4 rings (SSSR count). The fourth-order valence-electron chi connectivity index (χ4n) is 3.55. The summed E-state index contributed by atoms with van der Waals surface area (Å²) in [4.78, 5) is 11.0. The molecule has 2 aromatic carbocycles. The van der Waals surface area contributed by atoms with Crippen LogP contribution >= 0.6 is 11.6 Å². The maximum Gasteiger partial charge on any atom is 0.413 e. The van der Waals surface area contributed by atoms with Crippen LogP contribution in [-0.4, -0.2) is 87.4 Å². The van der Waals surface area contributed by atoms with Gasteiger partial charge in [0.15, 0.2) is 11.5 Å². The lowest BCUT2D eigenvalue weighted by Gasteiger charge is -2.26. The molecule has 40 heavy (non-hydrogen) atoms. The summed E-state index contributed by atoms with van der Waals surface area (Å²) in [5, 5.41) is 3.97. The van der Waals surface area contributed by atoms with Crippen molar-refractivity contribution in [3.63, 3.8) is 0 Å². The number of hydrogen-bond acceptors (Lipinski definition) is 12. The normalized spacial score (nSPS) is 14.3. The zero-order valence-electron chi connectivity index (χ0n) is 21.0. The third kappa shape index (κ3) is 10.3. The molecular formula is C22H26ClFN4O10S2. The lowest BCUT2D eigenvalue weighted by Crippen LogP contribution is -2.37. The molecule has 1 saturated heterocycles. The highest BCUT2D eigenvalue weighted by molar-refractivity contribution is 7.94. The lowest BCUT2D eigenvalue weighted by molar-refractivity contribution is 0.0357. The van der Waals surface area contributed by atoms with Gasteiger partial charge in [0, 0.05) is 36.8 Å². The van der Waals surface area contributed by atoms with E-state index in [0.717, 1.165) is 44.7 Å². The van der Waals surface area contributed by atoms with Crippen LogP contribution in [0.4, 0.5) is 15.9 Å². The lowest BCUT2D eigenvalue weighted by atomic mass is 10.2. The number of hydrogen-bond donors (Lipinski definition) is 3. The number of nitrogens with one attached hydrogen (secondary N) is 1. The molecule has 0 atom stereocenters. The summed E-state index contributed by atoms with van der Waals surface area (Å²) >= 11 is 5.90. The molecule has 0 unspecified atom stereocenters. The minimum Gasteiger partial charge on any atom is -0.493 e. The predicted molar refractivity (Wildman–Crippen MR) is 142 cm³/mol. The molecule has 0 spiro atoms. The number of halogens is 2. The first kappa shape index (κ1) is 31.6. The van der Waals surface area contributed by atoms with Gasteiger partial charge in [-0.1, -0.05) is 11.6 Å². The second-order valence-corrected chi connectivity index (χ2v) is 10.7. The molecule has 0 saturated carbocycles. The highest BCUT2D eigenvalue weighted by Crippen LogP contribution is 2.35. The molecule has 1 aliphatic rings. The molecule has 220 valence electrons. The molecule has 2 heterocycles. The summed E-state index contributed by atoms with van der Waals surface area (Å²) < 4.78 is 85.9. The van der Waals surface area contributed by atoms with E-state index in [9.17, 15) is 21.2 Å². The molecule has 1 fully saturated rings. The van der Waals surface area contributed by atoms with Crippen LogP contribution in [-0.2, 0) is 29.2 Å². The van der Waals surface area contributed by atoms with Gasteiger partial charge in [-0.3, -0.25) is 14.0 Å². The first-order chi connectivity index (χ1) is 18.8. The summed E-state index contributed by atoms with van der Waals surface area (Å²) in [5.74, 6) is 1.31. The van der Waals surface area contributed by atoms with Crippen molar-refractivity contribution in [2.45, 2.75) is 6.42 Å². The van der Waals surface area contributed by atoms with Crippen molar-refractivity contribution in [1.29, 1.82) is 0 Å². The number of methoxy groups -OCH3 is 1. The number of rotatable bonds is 10. The van der Waals surface area contributed by atoms with Crippen LogP contribution in [0.15, 0.2) is 36.7 Å². The summed E-state index contributed by atoms with van der Waals surface area (Å²) in [6, 6.07) is 8.09. The van der Waals surface area contributed by atoms with Gasteiger partial charge in [-0.2, -0.15) is 16.8 Å². The van der Waals surface area contributed by atoms with E-state index in [1.54, 1.807) is 13.2 Å². The first-order valence-corrected chi connectivity index (χ1v) is 14.6. The number of benzene rings is 2. The zero-order chi connectivity index (χ0) is 29.3. The number of ether oxygens (including phenoxy) is 3. The maximum atomic E-state index is 13.5. The molecule has 3 N–H and O–H groups in total. The highest BCUT2D eigenvalue weighted by Gasteiger charge is 2.16. The van der Waals surface area contributed by atoms with Crippen molar-refractivity contribution in [3.8, 4) is 11.5 Å². The van der Waals surface area contributed by atoms with Gasteiger partial charge in [0.1, 0.15) is 18.0 Å². The maximum absolute atomic E-state index is 13.5. The highest BCUT2D eigenvalue weighted by atomic mass is 35.5. The fraction of sp³-hybridized carbons (Fsp3) is 0.364. The van der Waals surface area contributed by atoms with E-state index in [2.05, 4.69) is 23.8 Å². The number of fused-ring (bicyclic) bond motifs is 1. The van der Waals surface area contributed by atoms with E-state index in [1.165, 1.54) is 18.5 Å². The number of nitrogens with zero attached hydrogens (tertiary/aromatic N) is 3. The number of aromatic nitrogens is 2.